The molecule has 1 aromatic heterocycles. The number of aryl methyl sites for hydroxylation is 2. The van der Waals surface area contributed by atoms with E-state index in [9.17, 15) is 19.2 Å². The molecule has 2 heterocycles. The van der Waals surface area contributed by atoms with E-state index in [4.69, 9.17) is 4.74 Å². The van der Waals surface area contributed by atoms with E-state index < -0.39 is 5.97 Å². The molecule has 1 aliphatic heterocycles. The van der Waals surface area contributed by atoms with E-state index >= 15 is 0 Å². The first-order chi connectivity index (χ1) is 16.3. The Kier molecular flexibility index (Phi) is 6.83. The molecule has 0 bridgehead atoms. The first-order valence-electron chi connectivity index (χ1n) is 10.7. The number of esters is 1. The van der Waals surface area contributed by atoms with Crippen LogP contribution in [0.3, 0.4) is 0 Å². The number of imide groups is 1. The average molecular weight is 478 g/mol. The Balaban J connectivity index is 1.33. The van der Waals surface area contributed by atoms with Crippen LogP contribution in [-0.2, 0) is 32.1 Å². The molecule has 1 saturated heterocycles. The molecular formula is C25H23N3O5S. The van der Waals surface area contributed by atoms with E-state index in [0.29, 0.717) is 16.4 Å². The molecule has 0 atom stereocenters. The Morgan fingerprint density at radius 3 is 2.62 bits per heavy atom. The van der Waals surface area contributed by atoms with Gasteiger partial charge < -0.3 is 10.1 Å². The lowest BCUT2D eigenvalue weighted by atomic mass is 10.1. The standard InChI is InChI=1S/C25H23N3O5S/c1-15-6-7-16(2)20(10-15)27-21(29)12-22-26-18(14-34-22)13-33-25(32)17-4-3-5-19(11-17)28-23(30)8-9-24(28)31/h3-7,10-11,14H,8-9,12-13H2,1-2H3,(H,27,29). The molecule has 2 aromatic carbocycles. The third kappa shape index (κ3) is 5.37. The molecule has 0 aliphatic carbocycles. The van der Waals surface area contributed by atoms with Crippen LogP contribution >= 0.6 is 11.3 Å². The molecular weight excluding hydrogens is 454 g/mol. The minimum atomic E-state index is -0.594. The molecule has 0 unspecified atom stereocenters. The summed E-state index contributed by atoms with van der Waals surface area (Å²) in [6, 6.07) is 12.1. The van der Waals surface area contributed by atoms with Crippen LogP contribution in [0, 0.1) is 13.8 Å². The number of carbonyl (C=O) groups excluding carboxylic acids is 4. The molecule has 0 radical (unpaired) electrons. The summed E-state index contributed by atoms with van der Waals surface area (Å²) in [5.74, 6) is -1.34. The minimum Gasteiger partial charge on any atom is -0.456 e. The van der Waals surface area contributed by atoms with Crippen LogP contribution in [0.5, 0.6) is 0 Å². The average Bonchev–Trinajstić information content (AvgIpc) is 3.40. The van der Waals surface area contributed by atoms with Crippen LogP contribution in [0.15, 0.2) is 47.8 Å². The molecule has 3 aromatic rings. The maximum Gasteiger partial charge on any atom is 0.338 e. The van der Waals surface area contributed by atoms with Gasteiger partial charge in [0.2, 0.25) is 17.7 Å². The summed E-state index contributed by atoms with van der Waals surface area (Å²) in [5.41, 5.74) is 3.93. The van der Waals surface area contributed by atoms with E-state index in [-0.39, 0.29) is 49.2 Å². The second-order valence-corrected chi connectivity index (χ2v) is 8.97. The molecule has 4 rings (SSSR count). The molecule has 1 N–H and O–H groups in total. The number of aromatic nitrogens is 1. The number of rotatable bonds is 7. The third-order valence-corrected chi connectivity index (χ3v) is 6.22. The predicted molar refractivity (Wildman–Crippen MR) is 128 cm³/mol. The lowest BCUT2D eigenvalue weighted by Crippen LogP contribution is -2.28. The molecule has 0 saturated carbocycles. The highest BCUT2D eigenvalue weighted by Gasteiger charge is 2.30. The summed E-state index contributed by atoms with van der Waals surface area (Å²) in [6.45, 7) is 3.84. The monoisotopic (exact) mass is 477 g/mol. The van der Waals surface area contributed by atoms with Crippen molar-refractivity contribution in [2.75, 3.05) is 10.2 Å². The summed E-state index contributed by atoms with van der Waals surface area (Å²) in [6.07, 6.45) is 0.455. The van der Waals surface area contributed by atoms with Gasteiger partial charge in [-0.15, -0.1) is 11.3 Å². The predicted octanol–water partition coefficient (Wildman–Crippen LogP) is 3.95. The number of nitrogens with zero attached hydrogens (tertiary/aromatic N) is 2. The summed E-state index contributed by atoms with van der Waals surface area (Å²) in [5, 5.41) is 5.26. The van der Waals surface area contributed by atoms with Crippen LogP contribution in [0.4, 0.5) is 11.4 Å². The zero-order chi connectivity index (χ0) is 24.2. The summed E-state index contributed by atoms with van der Waals surface area (Å²) in [7, 11) is 0. The SMILES string of the molecule is Cc1ccc(C)c(NC(=O)Cc2nc(COC(=O)c3cccc(N4C(=O)CCC4=O)c3)cs2)c1. The first kappa shape index (κ1) is 23.3. The molecule has 3 amide bonds. The van der Waals surface area contributed by atoms with Crippen molar-refractivity contribution >= 4 is 46.4 Å². The van der Waals surface area contributed by atoms with Crippen LogP contribution < -0.4 is 10.2 Å². The number of carbonyl (C=O) groups is 4. The van der Waals surface area contributed by atoms with Gasteiger partial charge in [0.1, 0.15) is 11.6 Å². The maximum absolute atomic E-state index is 12.5. The quantitative estimate of drug-likeness (QED) is 0.408. The van der Waals surface area contributed by atoms with Gasteiger partial charge in [-0.25, -0.2) is 9.78 Å². The lowest BCUT2D eigenvalue weighted by Gasteiger charge is -2.14. The Labute approximate surface area is 200 Å². The van der Waals surface area contributed by atoms with E-state index in [1.807, 2.05) is 32.0 Å². The minimum absolute atomic E-state index is 0.0558. The smallest absolute Gasteiger partial charge is 0.338 e. The molecule has 9 heteroatoms. The van der Waals surface area contributed by atoms with Crippen LogP contribution in [0.25, 0.3) is 0 Å². The number of benzene rings is 2. The Hall–Kier alpha value is -3.85. The van der Waals surface area contributed by atoms with Crippen molar-refractivity contribution in [3.63, 3.8) is 0 Å². The fourth-order valence-electron chi connectivity index (χ4n) is 3.56. The largest absolute Gasteiger partial charge is 0.456 e. The Morgan fingerprint density at radius 2 is 1.85 bits per heavy atom. The number of hydrogen-bond acceptors (Lipinski definition) is 7. The maximum atomic E-state index is 12.5. The summed E-state index contributed by atoms with van der Waals surface area (Å²) < 4.78 is 5.34. The van der Waals surface area contributed by atoms with Gasteiger partial charge in [-0.1, -0.05) is 18.2 Å². The molecule has 174 valence electrons. The number of amides is 3. The molecule has 1 fully saturated rings. The Morgan fingerprint density at radius 1 is 1.09 bits per heavy atom. The summed E-state index contributed by atoms with van der Waals surface area (Å²) >= 11 is 1.32. The number of anilines is 2. The van der Waals surface area contributed by atoms with Crippen molar-refractivity contribution in [1.29, 1.82) is 0 Å². The van der Waals surface area contributed by atoms with Crippen LogP contribution in [-0.4, -0.2) is 28.7 Å². The lowest BCUT2D eigenvalue weighted by molar-refractivity contribution is -0.121. The van der Waals surface area contributed by atoms with Gasteiger partial charge in [0.15, 0.2) is 0 Å². The Bertz CT molecular complexity index is 1270. The van der Waals surface area contributed by atoms with E-state index in [0.717, 1.165) is 21.7 Å². The number of ether oxygens (including phenoxy) is 1. The van der Waals surface area contributed by atoms with Crippen molar-refractivity contribution in [2.24, 2.45) is 0 Å². The van der Waals surface area contributed by atoms with E-state index in [1.54, 1.807) is 23.6 Å². The molecule has 34 heavy (non-hydrogen) atoms. The normalized spacial score (nSPS) is 13.3. The van der Waals surface area contributed by atoms with Crippen LogP contribution in [0.1, 0.15) is 45.0 Å². The van der Waals surface area contributed by atoms with Crippen molar-refractivity contribution in [3.05, 3.63) is 75.2 Å². The van der Waals surface area contributed by atoms with Crippen molar-refractivity contribution in [2.45, 2.75) is 39.7 Å². The van der Waals surface area contributed by atoms with Gasteiger partial charge in [0, 0.05) is 23.9 Å². The fourth-order valence-corrected chi connectivity index (χ4v) is 4.34. The van der Waals surface area contributed by atoms with Gasteiger partial charge in [0.25, 0.3) is 0 Å². The fraction of sp³-hybridized carbons (Fsp3) is 0.240. The highest BCUT2D eigenvalue weighted by Crippen LogP contribution is 2.24. The highest BCUT2D eigenvalue weighted by molar-refractivity contribution is 7.09. The van der Waals surface area contributed by atoms with Gasteiger partial charge in [0.05, 0.1) is 23.4 Å². The van der Waals surface area contributed by atoms with E-state index in [1.165, 1.54) is 17.4 Å². The van der Waals surface area contributed by atoms with Gasteiger partial charge >= 0.3 is 5.97 Å². The zero-order valence-electron chi connectivity index (χ0n) is 18.8. The second-order valence-electron chi connectivity index (χ2n) is 8.03. The van der Waals surface area contributed by atoms with Crippen molar-refractivity contribution in [3.8, 4) is 0 Å². The molecule has 0 spiro atoms. The highest BCUT2D eigenvalue weighted by atomic mass is 32.1. The van der Waals surface area contributed by atoms with Crippen molar-refractivity contribution < 1.29 is 23.9 Å². The first-order valence-corrected chi connectivity index (χ1v) is 11.6. The van der Waals surface area contributed by atoms with Gasteiger partial charge in [-0.3, -0.25) is 19.3 Å². The van der Waals surface area contributed by atoms with Crippen molar-refractivity contribution in [1.82, 2.24) is 4.98 Å². The van der Waals surface area contributed by atoms with Gasteiger partial charge in [-0.05, 0) is 49.2 Å². The van der Waals surface area contributed by atoms with E-state index in [2.05, 4.69) is 10.3 Å². The topological polar surface area (TPSA) is 106 Å². The molecule has 8 nitrogen and oxygen atoms in total. The molecule has 1 aliphatic rings. The third-order valence-electron chi connectivity index (χ3n) is 5.32. The zero-order valence-corrected chi connectivity index (χ0v) is 19.6. The summed E-state index contributed by atoms with van der Waals surface area (Å²) in [4.78, 5) is 54.3. The van der Waals surface area contributed by atoms with Gasteiger partial charge in [-0.2, -0.15) is 0 Å². The number of nitrogens with one attached hydrogen (secondary N) is 1. The second kappa shape index (κ2) is 9.96. The number of thiazole rings is 1. The number of hydrogen-bond donors (Lipinski definition) is 1. The van der Waals surface area contributed by atoms with Crippen LogP contribution in [0.2, 0.25) is 0 Å².